The van der Waals surface area contributed by atoms with Crippen molar-refractivity contribution >= 4 is 25.5 Å². The van der Waals surface area contributed by atoms with Crippen molar-refractivity contribution in [3.05, 3.63) is 24.0 Å². The molecular formula is C10H13FN2O4S2. The van der Waals surface area contributed by atoms with Crippen molar-refractivity contribution < 1.29 is 21.2 Å². The van der Waals surface area contributed by atoms with Crippen LogP contribution in [0.5, 0.6) is 0 Å². The molecule has 1 aromatic carbocycles. The molecule has 0 atom stereocenters. The molecule has 0 amide bonds. The second kappa shape index (κ2) is 4.73. The minimum absolute atomic E-state index is 0.0603. The van der Waals surface area contributed by atoms with E-state index < -0.39 is 25.7 Å². The van der Waals surface area contributed by atoms with E-state index in [9.17, 15) is 21.2 Å². The number of nitrogens with zero attached hydrogens (tertiary/aromatic N) is 1. The highest BCUT2D eigenvalue weighted by atomic mass is 32.2. The van der Waals surface area contributed by atoms with Crippen LogP contribution in [0.3, 0.4) is 0 Å². The smallest absolute Gasteiger partial charge is 0.245 e. The number of nitrogens with two attached hydrogens (primary N) is 1. The van der Waals surface area contributed by atoms with Gasteiger partial charge in [-0.15, -0.1) is 0 Å². The summed E-state index contributed by atoms with van der Waals surface area (Å²) in [6, 6.07) is 3.08. The molecule has 6 nitrogen and oxygen atoms in total. The number of rotatable bonds is 2. The van der Waals surface area contributed by atoms with Gasteiger partial charge in [0.1, 0.15) is 10.7 Å². The minimum atomic E-state index is -3.96. The number of sulfonamides is 1. The van der Waals surface area contributed by atoms with E-state index in [1.807, 2.05) is 0 Å². The predicted octanol–water partition coefficient (Wildman–Crippen LogP) is -0.173. The van der Waals surface area contributed by atoms with Gasteiger partial charge in [-0.05, 0) is 18.2 Å². The van der Waals surface area contributed by atoms with Crippen LogP contribution in [0.15, 0.2) is 23.1 Å². The molecule has 1 aliphatic heterocycles. The number of nitrogen functional groups attached to an aromatic ring is 1. The summed E-state index contributed by atoms with van der Waals surface area (Å²) in [6.07, 6.45) is 0. The second-order valence-corrected chi connectivity index (χ2v) is 8.45. The molecule has 19 heavy (non-hydrogen) atoms. The Balaban J connectivity index is 2.36. The Morgan fingerprint density at radius 2 is 1.79 bits per heavy atom. The number of sulfone groups is 1. The minimum Gasteiger partial charge on any atom is -0.398 e. The Morgan fingerprint density at radius 1 is 1.21 bits per heavy atom. The van der Waals surface area contributed by atoms with Gasteiger partial charge in [0.25, 0.3) is 0 Å². The van der Waals surface area contributed by atoms with Crippen LogP contribution in [0.1, 0.15) is 0 Å². The van der Waals surface area contributed by atoms with Crippen LogP contribution < -0.4 is 5.73 Å². The van der Waals surface area contributed by atoms with Crippen molar-refractivity contribution in [2.45, 2.75) is 4.90 Å². The van der Waals surface area contributed by atoms with E-state index in [2.05, 4.69) is 0 Å². The Labute approximate surface area is 111 Å². The summed E-state index contributed by atoms with van der Waals surface area (Å²) in [5.74, 6) is -1.18. The Morgan fingerprint density at radius 3 is 2.37 bits per heavy atom. The third-order valence-corrected chi connectivity index (χ3v) is 6.46. The maximum Gasteiger partial charge on any atom is 0.245 e. The molecule has 0 aliphatic carbocycles. The number of halogens is 1. The zero-order valence-electron chi connectivity index (χ0n) is 9.91. The van der Waals surface area contributed by atoms with Gasteiger partial charge in [0, 0.05) is 13.1 Å². The molecule has 2 rings (SSSR count). The van der Waals surface area contributed by atoms with Crippen molar-refractivity contribution in [1.82, 2.24) is 4.31 Å². The highest BCUT2D eigenvalue weighted by Gasteiger charge is 2.32. The van der Waals surface area contributed by atoms with Gasteiger partial charge in [0.15, 0.2) is 9.84 Å². The third kappa shape index (κ3) is 2.88. The standard InChI is InChI=1S/C10H13FN2O4S2/c11-8-1-2-9(12)10(7-8)19(16,17)13-3-5-18(14,15)6-4-13/h1-2,7H,3-6,12H2. The largest absolute Gasteiger partial charge is 0.398 e. The molecule has 0 aromatic heterocycles. The van der Waals surface area contributed by atoms with Gasteiger partial charge >= 0.3 is 0 Å². The number of hydrogen-bond donors (Lipinski definition) is 1. The molecule has 9 heteroatoms. The van der Waals surface area contributed by atoms with E-state index in [-0.39, 0.29) is 35.2 Å². The van der Waals surface area contributed by atoms with Gasteiger partial charge in [-0.1, -0.05) is 0 Å². The molecule has 1 saturated heterocycles. The second-order valence-electron chi connectivity index (χ2n) is 4.24. The van der Waals surface area contributed by atoms with Crippen molar-refractivity contribution in [2.75, 3.05) is 30.3 Å². The van der Waals surface area contributed by atoms with E-state index in [0.29, 0.717) is 0 Å². The summed E-state index contributed by atoms with van der Waals surface area (Å²) in [6.45, 7) is -0.277. The fourth-order valence-corrected chi connectivity index (χ4v) is 4.81. The highest BCUT2D eigenvalue weighted by Crippen LogP contribution is 2.24. The topological polar surface area (TPSA) is 97.5 Å². The summed E-state index contributed by atoms with van der Waals surface area (Å²) in [5, 5.41) is 0. The molecule has 1 fully saturated rings. The van der Waals surface area contributed by atoms with Gasteiger partial charge in [0.2, 0.25) is 10.0 Å². The summed E-state index contributed by atoms with van der Waals surface area (Å²) in [4.78, 5) is -0.327. The quantitative estimate of drug-likeness (QED) is 0.765. The first-order valence-electron chi connectivity index (χ1n) is 5.48. The van der Waals surface area contributed by atoms with Gasteiger partial charge < -0.3 is 5.73 Å². The Hall–Kier alpha value is -1.19. The van der Waals surface area contributed by atoms with Crippen LogP contribution in [-0.4, -0.2) is 45.7 Å². The lowest BCUT2D eigenvalue weighted by Gasteiger charge is -2.26. The SMILES string of the molecule is Nc1ccc(F)cc1S(=O)(=O)N1CCS(=O)(=O)CC1. The van der Waals surface area contributed by atoms with E-state index in [1.54, 1.807) is 0 Å². The lowest BCUT2D eigenvalue weighted by molar-refractivity contribution is 0.430. The zero-order valence-corrected chi connectivity index (χ0v) is 11.5. The monoisotopic (exact) mass is 308 g/mol. The lowest BCUT2D eigenvalue weighted by Crippen LogP contribution is -2.43. The first kappa shape index (κ1) is 14.2. The lowest BCUT2D eigenvalue weighted by atomic mass is 10.3. The fraction of sp³-hybridized carbons (Fsp3) is 0.400. The van der Waals surface area contributed by atoms with Crippen LogP contribution in [0, 0.1) is 5.82 Å². The van der Waals surface area contributed by atoms with Gasteiger partial charge in [0.05, 0.1) is 17.2 Å². The molecule has 0 spiro atoms. The zero-order chi connectivity index (χ0) is 14.3. The molecule has 0 saturated carbocycles. The first-order chi connectivity index (χ1) is 8.72. The molecule has 0 bridgehead atoms. The Kier molecular flexibility index (Phi) is 3.54. The Bertz CT molecular complexity index is 686. The van der Waals surface area contributed by atoms with E-state index in [1.165, 1.54) is 6.07 Å². The summed E-state index contributed by atoms with van der Waals surface area (Å²) >= 11 is 0. The van der Waals surface area contributed by atoms with Crippen molar-refractivity contribution in [1.29, 1.82) is 0 Å². The highest BCUT2D eigenvalue weighted by molar-refractivity contribution is 7.92. The van der Waals surface area contributed by atoms with E-state index in [4.69, 9.17) is 5.73 Å². The van der Waals surface area contributed by atoms with Crippen LogP contribution in [0.25, 0.3) is 0 Å². The maximum absolute atomic E-state index is 13.1. The normalized spacial score (nSPS) is 20.3. The number of benzene rings is 1. The molecule has 2 N–H and O–H groups in total. The molecule has 1 heterocycles. The van der Waals surface area contributed by atoms with Gasteiger partial charge in [-0.25, -0.2) is 21.2 Å². The molecule has 0 unspecified atom stereocenters. The van der Waals surface area contributed by atoms with Crippen molar-refractivity contribution in [3.63, 3.8) is 0 Å². The van der Waals surface area contributed by atoms with Crippen LogP contribution in [0.4, 0.5) is 10.1 Å². The van der Waals surface area contributed by atoms with Crippen molar-refractivity contribution in [3.8, 4) is 0 Å². The molecule has 0 radical (unpaired) electrons. The maximum atomic E-state index is 13.1. The van der Waals surface area contributed by atoms with E-state index in [0.717, 1.165) is 16.4 Å². The molecule has 1 aromatic rings. The predicted molar refractivity (Wildman–Crippen MR) is 68.2 cm³/mol. The average molecular weight is 308 g/mol. The summed E-state index contributed by atoms with van der Waals surface area (Å²) < 4.78 is 61.2. The van der Waals surface area contributed by atoms with Crippen molar-refractivity contribution in [2.24, 2.45) is 0 Å². The molecular weight excluding hydrogens is 295 g/mol. The van der Waals surface area contributed by atoms with Gasteiger partial charge in [-0.3, -0.25) is 0 Å². The fourth-order valence-electron chi connectivity index (χ4n) is 1.81. The first-order valence-corrected chi connectivity index (χ1v) is 8.74. The van der Waals surface area contributed by atoms with Crippen LogP contribution in [0.2, 0.25) is 0 Å². The van der Waals surface area contributed by atoms with Gasteiger partial charge in [-0.2, -0.15) is 4.31 Å². The average Bonchev–Trinajstić information content (AvgIpc) is 2.31. The number of hydrogen-bond acceptors (Lipinski definition) is 5. The summed E-state index contributed by atoms with van der Waals surface area (Å²) in [5.41, 5.74) is 5.48. The third-order valence-electron chi connectivity index (χ3n) is 2.90. The molecule has 1 aliphatic rings. The van der Waals surface area contributed by atoms with Crippen LogP contribution >= 0.6 is 0 Å². The van der Waals surface area contributed by atoms with E-state index >= 15 is 0 Å². The number of anilines is 1. The molecule has 106 valence electrons. The van der Waals surface area contributed by atoms with Crippen LogP contribution in [-0.2, 0) is 19.9 Å². The summed E-state index contributed by atoms with van der Waals surface area (Å²) in [7, 11) is -7.15.